The molecule has 7 heteroatoms. The van der Waals surface area contributed by atoms with Gasteiger partial charge in [-0.1, -0.05) is 43.7 Å². The minimum Gasteiger partial charge on any atom is -0.361 e. The predicted octanol–water partition coefficient (Wildman–Crippen LogP) is 4.69. The largest absolute Gasteiger partial charge is 0.361 e. The summed E-state index contributed by atoms with van der Waals surface area (Å²) in [6.45, 7) is 9.45. The van der Waals surface area contributed by atoms with Crippen molar-refractivity contribution in [1.82, 2.24) is 20.5 Å². The van der Waals surface area contributed by atoms with Crippen LogP contribution in [-0.2, 0) is 4.79 Å². The van der Waals surface area contributed by atoms with Gasteiger partial charge in [0.05, 0.1) is 11.1 Å². The standard InChI is InChI=1S/C27H31ClN4O2/c1-4-32(5-2)14-13-29-26(33)22-16-30-24(17(22)3)15-21-25-20(18-9-11-19(28)12-10-18)7-6-8-23(25)31-27(21)34/h8-12,15-16,30H,4-7,13-14H2,1-3H3,(H,29,33)(H,31,34)/b21-15-. The number of aromatic amines is 1. The highest BCUT2D eigenvalue weighted by atomic mass is 35.5. The van der Waals surface area contributed by atoms with Gasteiger partial charge >= 0.3 is 0 Å². The van der Waals surface area contributed by atoms with Gasteiger partial charge in [0.15, 0.2) is 0 Å². The summed E-state index contributed by atoms with van der Waals surface area (Å²) in [7, 11) is 0. The van der Waals surface area contributed by atoms with Crippen molar-refractivity contribution in [1.29, 1.82) is 0 Å². The molecule has 2 aliphatic rings. The highest BCUT2D eigenvalue weighted by Crippen LogP contribution is 2.40. The third kappa shape index (κ3) is 4.88. The van der Waals surface area contributed by atoms with Crippen LogP contribution in [0.1, 0.15) is 53.9 Å². The van der Waals surface area contributed by atoms with Crippen molar-refractivity contribution in [3.8, 4) is 0 Å². The number of carbonyl (C=O) groups is 2. The minimum atomic E-state index is -0.131. The van der Waals surface area contributed by atoms with Gasteiger partial charge < -0.3 is 20.5 Å². The van der Waals surface area contributed by atoms with Gasteiger partial charge in [0.1, 0.15) is 0 Å². The summed E-state index contributed by atoms with van der Waals surface area (Å²) in [5.41, 5.74) is 6.74. The van der Waals surface area contributed by atoms with Gasteiger partial charge in [-0.15, -0.1) is 0 Å². The third-order valence-corrected chi connectivity index (χ3v) is 6.84. The van der Waals surface area contributed by atoms with Crippen LogP contribution in [0, 0.1) is 6.92 Å². The zero-order valence-corrected chi connectivity index (χ0v) is 20.7. The van der Waals surface area contributed by atoms with Crippen LogP contribution in [0.15, 0.2) is 53.4 Å². The van der Waals surface area contributed by atoms with E-state index in [0.29, 0.717) is 22.7 Å². The zero-order valence-electron chi connectivity index (χ0n) is 19.9. The summed E-state index contributed by atoms with van der Waals surface area (Å²) < 4.78 is 0. The van der Waals surface area contributed by atoms with E-state index in [1.165, 1.54) is 0 Å². The minimum absolute atomic E-state index is 0.110. The molecule has 34 heavy (non-hydrogen) atoms. The summed E-state index contributed by atoms with van der Waals surface area (Å²) in [4.78, 5) is 31.1. The maximum atomic E-state index is 12.9. The molecule has 0 radical (unpaired) electrons. The normalized spacial score (nSPS) is 16.7. The molecule has 6 nitrogen and oxygen atoms in total. The SMILES string of the molecule is CCN(CC)CCNC(=O)c1c[nH]c(/C=C2\C(=O)NC3=CCCC(c4ccc(Cl)cc4)=C32)c1C. The highest BCUT2D eigenvalue weighted by Gasteiger charge is 2.32. The molecule has 1 aliphatic carbocycles. The molecule has 1 aromatic heterocycles. The average Bonchev–Trinajstić information content (AvgIpc) is 3.36. The smallest absolute Gasteiger partial charge is 0.256 e. The fourth-order valence-corrected chi connectivity index (χ4v) is 4.68. The first-order valence-electron chi connectivity index (χ1n) is 11.8. The lowest BCUT2D eigenvalue weighted by Gasteiger charge is -2.17. The van der Waals surface area contributed by atoms with E-state index in [9.17, 15) is 9.59 Å². The Balaban J connectivity index is 1.61. The van der Waals surface area contributed by atoms with Crippen molar-refractivity contribution in [2.75, 3.05) is 26.2 Å². The number of carbonyl (C=O) groups excluding carboxylic acids is 2. The lowest BCUT2D eigenvalue weighted by atomic mass is 9.87. The number of benzene rings is 1. The number of H-pyrrole nitrogens is 1. The van der Waals surface area contributed by atoms with Gasteiger partial charge in [0.2, 0.25) is 0 Å². The molecule has 1 saturated heterocycles. The van der Waals surface area contributed by atoms with Crippen LogP contribution in [0.25, 0.3) is 11.6 Å². The van der Waals surface area contributed by atoms with E-state index in [-0.39, 0.29) is 11.8 Å². The summed E-state index contributed by atoms with van der Waals surface area (Å²) in [5.74, 6) is -0.241. The molecule has 0 atom stereocenters. The molecular formula is C27H31ClN4O2. The second-order valence-electron chi connectivity index (χ2n) is 8.55. The van der Waals surface area contributed by atoms with Crippen molar-refractivity contribution in [2.24, 2.45) is 0 Å². The van der Waals surface area contributed by atoms with Crippen LogP contribution in [-0.4, -0.2) is 47.9 Å². The van der Waals surface area contributed by atoms with Crippen LogP contribution in [0.4, 0.5) is 0 Å². The van der Waals surface area contributed by atoms with Gasteiger partial charge in [-0.2, -0.15) is 0 Å². The van der Waals surface area contributed by atoms with Crippen LogP contribution in [0.5, 0.6) is 0 Å². The fraction of sp³-hybridized carbons (Fsp3) is 0.333. The molecule has 178 valence electrons. The van der Waals surface area contributed by atoms with E-state index in [0.717, 1.165) is 66.1 Å². The quantitative estimate of drug-likeness (QED) is 0.481. The Hall–Kier alpha value is -3.09. The number of amides is 2. The maximum Gasteiger partial charge on any atom is 0.256 e. The number of allylic oxidation sites excluding steroid dienone is 3. The van der Waals surface area contributed by atoms with Gasteiger partial charge in [0, 0.05) is 41.3 Å². The van der Waals surface area contributed by atoms with Crippen molar-refractivity contribution in [3.05, 3.63) is 80.8 Å². The third-order valence-electron chi connectivity index (χ3n) is 6.59. The Morgan fingerprint density at radius 3 is 2.65 bits per heavy atom. The number of halogens is 1. The molecular weight excluding hydrogens is 448 g/mol. The van der Waals surface area contributed by atoms with E-state index in [1.807, 2.05) is 37.3 Å². The van der Waals surface area contributed by atoms with Gasteiger partial charge in [0.25, 0.3) is 11.8 Å². The Kier molecular flexibility index (Phi) is 7.39. The number of hydrogen-bond donors (Lipinski definition) is 3. The Labute approximate surface area is 205 Å². The van der Waals surface area contributed by atoms with Crippen molar-refractivity contribution in [2.45, 2.75) is 33.6 Å². The predicted molar refractivity (Wildman–Crippen MR) is 137 cm³/mol. The highest BCUT2D eigenvalue weighted by molar-refractivity contribution is 6.30. The first-order valence-corrected chi connectivity index (χ1v) is 12.2. The molecule has 0 bridgehead atoms. The Bertz CT molecular complexity index is 1180. The molecule has 0 saturated carbocycles. The van der Waals surface area contributed by atoms with Crippen LogP contribution >= 0.6 is 11.6 Å². The zero-order chi connectivity index (χ0) is 24.2. The van der Waals surface area contributed by atoms with E-state index in [2.05, 4.69) is 40.4 Å². The molecule has 1 aromatic carbocycles. The Morgan fingerprint density at radius 2 is 1.94 bits per heavy atom. The first-order chi connectivity index (χ1) is 16.4. The number of nitrogens with one attached hydrogen (secondary N) is 3. The van der Waals surface area contributed by atoms with E-state index >= 15 is 0 Å². The van der Waals surface area contributed by atoms with Crippen molar-refractivity contribution in [3.63, 3.8) is 0 Å². The molecule has 2 heterocycles. The first kappa shape index (κ1) is 24.0. The van der Waals surface area contributed by atoms with E-state index in [1.54, 1.807) is 6.20 Å². The molecule has 2 amide bonds. The summed E-state index contributed by atoms with van der Waals surface area (Å²) in [5, 5.41) is 6.69. The van der Waals surface area contributed by atoms with Gasteiger partial charge in [-0.05, 0) is 67.8 Å². The molecule has 0 spiro atoms. The van der Waals surface area contributed by atoms with Gasteiger partial charge in [-0.3, -0.25) is 9.59 Å². The number of fused-ring (bicyclic) bond motifs is 1. The molecule has 0 unspecified atom stereocenters. The topological polar surface area (TPSA) is 77.2 Å². The summed E-state index contributed by atoms with van der Waals surface area (Å²) in [6, 6.07) is 7.73. The van der Waals surface area contributed by atoms with Crippen LogP contribution < -0.4 is 10.6 Å². The molecule has 2 aromatic rings. The van der Waals surface area contributed by atoms with Gasteiger partial charge in [-0.25, -0.2) is 0 Å². The maximum absolute atomic E-state index is 12.9. The van der Waals surface area contributed by atoms with Crippen molar-refractivity contribution >= 4 is 35.1 Å². The Morgan fingerprint density at radius 1 is 1.21 bits per heavy atom. The fourth-order valence-electron chi connectivity index (χ4n) is 4.56. The van der Waals surface area contributed by atoms with E-state index in [4.69, 9.17) is 11.6 Å². The molecule has 4 rings (SSSR count). The lowest BCUT2D eigenvalue weighted by molar-refractivity contribution is -0.115. The van der Waals surface area contributed by atoms with Crippen molar-refractivity contribution < 1.29 is 9.59 Å². The summed E-state index contributed by atoms with van der Waals surface area (Å²) in [6.07, 6.45) is 7.35. The number of hydrogen-bond acceptors (Lipinski definition) is 3. The molecule has 3 N–H and O–H groups in total. The van der Waals surface area contributed by atoms with Crippen LogP contribution in [0.2, 0.25) is 5.02 Å². The number of likely N-dealkylation sites (N-methyl/N-ethyl adjacent to an activating group) is 1. The van der Waals surface area contributed by atoms with E-state index < -0.39 is 0 Å². The monoisotopic (exact) mass is 478 g/mol. The van der Waals surface area contributed by atoms with Crippen LogP contribution in [0.3, 0.4) is 0 Å². The average molecular weight is 479 g/mol. The number of nitrogens with zero attached hydrogens (tertiary/aromatic N) is 1. The summed E-state index contributed by atoms with van der Waals surface area (Å²) >= 11 is 6.08. The lowest BCUT2D eigenvalue weighted by Crippen LogP contribution is -2.34. The number of rotatable bonds is 8. The second-order valence-corrected chi connectivity index (χ2v) is 8.99. The number of aromatic nitrogens is 1. The molecule has 1 aliphatic heterocycles. The second kappa shape index (κ2) is 10.5. The molecule has 1 fully saturated rings.